The minimum atomic E-state index is -0.834. The van der Waals surface area contributed by atoms with E-state index in [9.17, 15) is 14.4 Å². The summed E-state index contributed by atoms with van der Waals surface area (Å²) in [5.41, 5.74) is 3.95. The van der Waals surface area contributed by atoms with E-state index in [4.69, 9.17) is 19.2 Å². The van der Waals surface area contributed by atoms with E-state index in [-0.39, 0.29) is 30.2 Å². The van der Waals surface area contributed by atoms with Crippen molar-refractivity contribution in [2.45, 2.75) is 13.0 Å². The molecule has 216 valence electrons. The van der Waals surface area contributed by atoms with Crippen molar-refractivity contribution < 1.29 is 19.0 Å². The van der Waals surface area contributed by atoms with Gasteiger partial charge in [0, 0.05) is 19.7 Å². The predicted octanol–water partition coefficient (Wildman–Crippen LogP) is 2.85. The Labute approximate surface area is 248 Å². The van der Waals surface area contributed by atoms with E-state index in [1.165, 1.54) is 11.3 Å². The standard InChI is InChI=1S/C32H26N4O6S/c1-4-40-30(38)26-27(19-8-6-5-7-9-19)33-31-36(28(26)20-11-13-23-24(16-20)42-17-41-23)29(37)25(43-31)15-18-10-12-21-22(14-18)35(3)32(39)34(21)2/h5-16,28H,4,17H2,1-3H3. The third-order valence-electron chi connectivity index (χ3n) is 7.68. The highest BCUT2D eigenvalue weighted by molar-refractivity contribution is 7.07. The van der Waals surface area contributed by atoms with E-state index in [0.29, 0.717) is 32.1 Å². The second-order valence-corrected chi connectivity index (χ2v) is 11.2. The van der Waals surface area contributed by atoms with Gasteiger partial charge in [-0.05, 0) is 48.4 Å². The van der Waals surface area contributed by atoms with Crippen molar-refractivity contribution in [3.63, 3.8) is 0 Å². The minimum absolute atomic E-state index is 0.0920. The van der Waals surface area contributed by atoms with Gasteiger partial charge in [0.25, 0.3) is 5.56 Å². The van der Waals surface area contributed by atoms with Crippen LogP contribution in [0.15, 0.2) is 86.9 Å². The topological polar surface area (TPSA) is 106 Å². The van der Waals surface area contributed by atoms with Gasteiger partial charge in [-0.1, -0.05) is 53.8 Å². The van der Waals surface area contributed by atoms with Gasteiger partial charge in [-0.2, -0.15) is 0 Å². The fourth-order valence-electron chi connectivity index (χ4n) is 5.60. The molecule has 3 aromatic carbocycles. The quantitative estimate of drug-likeness (QED) is 0.290. The summed E-state index contributed by atoms with van der Waals surface area (Å²) in [6.07, 6.45) is 1.79. The third kappa shape index (κ3) is 4.31. The van der Waals surface area contributed by atoms with Crippen molar-refractivity contribution in [1.82, 2.24) is 13.7 Å². The second-order valence-electron chi connectivity index (χ2n) is 10.2. The molecule has 1 atom stereocenters. The number of esters is 1. The number of hydrogen-bond acceptors (Lipinski definition) is 8. The van der Waals surface area contributed by atoms with Gasteiger partial charge in [-0.15, -0.1) is 0 Å². The number of carbonyl (C=O) groups excluding carboxylic acids is 1. The number of hydrogen-bond donors (Lipinski definition) is 0. The fraction of sp³-hybridized carbons (Fsp3) is 0.188. The lowest BCUT2D eigenvalue weighted by atomic mass is 9.93. The van der Waals surface area contributed by atoms with Crippen LogP contribution in [-0.2, 0) is 23.6 Å². The van der Waals surface area contributed by atoms with Crippen LogP contribution in [0.1, 0.15) is 29.7 Å². The first kappa shape index (κ1) is 26.7. The summed E-state index contributed by atoms with van der Waals surface area (Å²) < 4.78 is 21.8. The fourth-order valence-corrected chi connectivity index (χ4v) is 6.60. The molecule has 2 aromatic heterocycles. The molecule has 0 saturated carbocycles. The number of aromatic nitrogens is 3. The van der Waals surface area contributed by atoms with Gasteiger partial charge in [0.15, 0.2) is 16.3 Å². The molecular formula is C32H26N4O6S. The highest BCUT2D eigenvalue weighted by atomic mass is 32.1. The first-order valence-corrected chi connectivity index (χ1v) is 14.5. The normalized spacial score (nSPS) is 16.0. The molecule has 43 heavy (non-hydrogen) atoms. The molecule has 0 fully saturated rings. The van der Waals surface area contributed by atoms with Crippen LogP contribution in [0.2, 0.25) is 0 Å². The van der Waals surface area contributed by atoms with Crippen molar-refractivity contribution in [1.29, 1.82) is 0 Å². The molecule has 2 aliphatic heterocycles. The molecule has 2 aliphatic rings. The van der Waals surface area contributed by atoms with Crippen molar-refractivity contribution >= 4 is 40.1 Å². The number of carbonyl (C=O) groups is 1. The number of rotatable bonds is 5. The van der Waals surface area contributed by atoms with Crippen LogP contribution in [0.4, 0.5) is 0 Å². The second kappa shape index (κ2) is 10.3. The maximum Gasteiger partial charge on any atom is 0.338 e. The molecule has 0 spiro atoms. The molecule has 0 saturated heterocycles. The van der Waals surface area contributed by atoms with Crippen LogP contribution in [0.3, 0.4) is 0 Å². The van der Waals surface area contributed by atoms with Gasteiger partial charge in [0.2, 0.25) is 6.79 Å². The first-order valence-electron chi connectivity index (χ1n) is 13.7. The summed E-state index contributed by atoms with van der Waals surface area (Å²) in [4.78, 5) is 45.6. The summed E-state index contributed by atoms with van der Waals surface area (Å²) >= 11 is 1.24. The summed E-state index contributed by atoms with van der Waals surface area (Å²) in [6, 6.07) is 19.6. The van der Waals surface area contributed by atoms with Gasteiger partial charge >= 0.3 is 11.7 Å². The Kier molecular flexibility index (Phi) is 6.39. The molecule has 0 N–H and O–H groups in total. The average Bonchev–Trinajstić information content (AvgIpc) is 3.68. The molecule has 0 amide bonds. The van der Waals surface area contributed by atoms with Crippen molar-refractivity contribution in [2.75, 3.05) is 13.4 Å². The Hall–Kier alpha value is -5.16. The van der Waals surface area contributed by atoms with Crippen molar-refractivity contribution in [3.05, 3.63) is 119 Å². The molecule has 7 rings (SSSR count). The lowest BCUT2D eigenvalue weighted by molar-refractivity contribution is -0.138. The van der Waals surface area contributed by atoms with Gasteiger partial charge in [-0.25, -0.2) is 14.6 Å². The van der Waals surface area contributed by atoms with E-state index in [1.54, 1.807) is 52.9 Å². The Morgan fingerprint density at radius 3 is 2.56 bits per heavy atom. The number of fused-ring (bicyclic) bond motifs is 3. The Morgan fingerprint density at radius 1 is 1.00 bits per heavy atom. The number of benzene rings is 3. The van der Waals surface area contributed by atoms with Gasteiger partial charge in [0.1, 0.15) is 0 Å². The molecule has 0 bridgehead atoms. The SMILES string of the molecule is CCOC(=O)C1=C(c2ccccc2)N=c2sc(=Cc3ccc4c(c3)n(C)c(=O)n4C)c(=O)n2C1c1ccc2c(c1)OCO2. The van der Waals surface area contributed by atoms with Crippen LogP contribution in [0, 0.1) is 0 Å². The smallest absolute Gasteiger partial charge is 0.338 e. The van der Waals surface area contributed by atoms with E-state index in [1.807, 2.05) is 54.6 Å². The maximum atomic E-state index is 14.2. The number of ether oxygens (including phenoxy) is 3. The molecule has 0 aliphatic carbocycles. The number of thiazole rings is 1. The lowest BCUT2D eigenvalue weighted by Crippen LogP contribution is -2.40. The van der Waals surface area contributed by atoms with Crippen molar-refractivity contribution in [3.8, 4) is 11.5 Å². The van der Waals surface area contributed by atoms with E-state index < -0.39 is 12.0 Å². The van der Waals surface area contributed by atoms with Gasteiger partial charge in [-0.3, -0.25) is 18.5 Å². The molecular weight excluding hydrogens is 568 g/mol. The number of aryl methyl sites for hydroxylation is 2. The van der Waals surface area contributed by atoms with Crippen LogP contribution >= 0.6 is 11.3 Å². The van der Waals surface area contributed by atoms with E-state index in [0.717, 1.165) is 22.2 Å². The minimum Gasteiger partial charge on any atom is -0.463 e. The molecule has 1 unspecified atom stereocenters. The number of nitrogens with zero attached hydrogens (tertiary/aromatic N) is 4. The highest BCUT2D eigenvalue weighted by Gasteiger charge is 2.36. The van der Waals surface area contributed by atoms with Crippen LogP contribution < -0.4 is 30.1 Å². The predicted molar refractivity (Wildman–Crippen MR) is 162 cm³/mol. The monoisotopic (exact) mass is 594 g/mol. The zero-order valence-electron chi connectivity index (χ0n) is 23.6. The van der Waals surface area contributed by atoms with Crippen LogP contribution in [-0.4, -0.2) is 33.1 Å². The zero-order valence-corrected chi connectivity index (χ0v) is 24.4. The maximum absolute atomic E-state index is 14.2. The third-order valence-corrected chi connectivity index (χ3v) is 8.66. The lowest BCUT2D eigenvalue weighted by Gasteiger charge is -2.26. The molecule has 11 heteroatoms. The summed E-state index contributed by atoms with van der Waals surface area (Å²) in [7, 11) is 3.44. The molecule has 4 heterocycles. The summed E-state index contributed by atoms with van der Waals surface area (Å²) in [6.45, 7) is 1.99. The Morgan fingerprint density at radius 2 is 1.77 bits per heavy atom. The van der Waals surface area contributed by atoms with E-state index in [2.05, 4.69) is 0 Å². The van der Waals surface area contributed by atoms with Crippen LogP contribution in [0.5, 0.6) is 11.5 Å². The molecule has 0 radical (unpaired) electrons. The van der Waals surface area contributed by atoms with Crippen LogP contribution in [0.25, 0.3) is 22.8 Å². The van der Waals surface area contributed by atoms with E-state index >= 15 is 0 Å². The van der Waals surface area contributed by atoms with Gasteiger partial charge in [0.05, 0.1) is 39.5 Å². The average molecular weight is 595 g/mol. The zero-order chi connectivity index (χ0) is 29.8. The largest absolute Gasteiger partial charge is 0.463 e. The Balaban J connectivity index is 1.49. The summed E-state index contributed by atoms with van der Waals surface area (Å²) in [5.74, 6) is 0.562. The molecule has 5 aromatic rings. The van der Waals surface area contributed by atoms with Crippen molar-refractivity contribution in [2.24, 2.45) is 19.1 Å². The first-order chi connectivity index (χ1) is 20.9. The summed E-state index contributed by atoms with van der Waals surface area (Å²) in [5, 5.41) is 0. The number of imidazole rings is 1. The molecule has 10 nitrogen and oxygen atoms in total. The van der Waals surface area contributed by atoms with Gasteiger partial charge < -0.3 is 14.2 Å². The highest BCUT2D eigenvalue weighted by Crippen LogP contribution is 2.40. The Bertz CT molecular complexity index is 2220.